The van der Waals surface area contributed by atoms with Gasteiger partial charge in [0.2, 0.25) is 0 Å². The van der Waals surface area contributed by atoms with Gasteiger partial charge in [0.1, 0.15) is 6.20 Å². The first-order valence-corrected chi connectivity index (χ1v) is 11.0. The van der Waals surface area contributed by atoms with E-state index in [4.69, 9.17) is 5.41 Å². The Labute approximate surface area is 204 Å². The van der Waals surface area contributed by atoms with Gasteiger partial charge in [-0.3, -0.25) is 9.69 Å². The number of allylic oxidation sites excluding steroid dienone is 1. The molecule has 2 aromatic carbocycles. The third-order valence-electron chi connectivity index (χ3n) is 5.97. The lowest BCUT2D eigenvalue weighted by Gasteiger charge is -2.39. The highest BCUT2D eigenvalue weighted by molar-refractivity contribution is 6.10. The molecule has 2 aliphatic heterocycles. The van der Waals surface area contributed by atoms with Gasteiger partial charge in [-0.05, 0) is 41.5 Å². The van der Waals surface area contributed by atoms with Crippen molar-refractivity contribution in [2.75, 3.05) is 18.5 Å². The van der Waals surface area contributed by atoms with E-state index in [-0.39, 0.29) is 24.2 Å². The highest BCUT2D eigenvalue weighted by Crippen LogP contribution is 2.40. The minimum absolute atomic E-state index is 0.0105. The molecule has 0 saturated heterocycles. The number of nitriles is 1. The minimum atomic E-state index is -4.60. The van der Waals surface area contributed by atoms with Crippen molar-refractivity contribution in [3.63, 3.8) is 0 Å². The molecule has 184 valence electrons. The van der Waals surface area contributed by atoms with Crippen molar-refractivity contribution < 1.29 is 28.1 Å². The normalized spacial score (nSPS) is 18.2. The molecule has 2 aromatic rings. The van der Waals surface area contributed by atoms with Gasteiger partial charge < -0.3 is 21.4 Å². The van der Waals surface area contributed by atoms with Crippen molar-refractivity contribution in [3.8, 4) is 6.07 Å². The molecule has 0 aromatic heterocycles. The summed E-state index contributed by atoms with van der Waals surface area (Å²) in [5, 5.41) is 24.5. The second-order valence-corrected chi connectivity index (χ2v) is 8.15. The van der Waals surface area contributed by atoms with Crippen molar-refractivity contribution in [1.82, 2.24) is 10.6 Å². The van der Waals surface area contributed by atoms with Crippen LogP contribution in [-0.4, -0.2) is 31.7 Å². The van der Waals surface area contributed by atoms with Crippen LogP contribution >= 0.6 is 0 Å². The van der Waals surface area contributed by atoms with Gasteiger partial charge in [0, 0.05) is 24.9 Å². The Kier molecular flexibility index (Phi) is 6.63. The van der Waals surface area contributed by atoms with Crippen LogP contribution in [-0.2, 0) is 11.0 Å². The maximum Gasteiger partial charge on any atom is 0.416 e. The Morgan fingerprint density at radius 1 is 1.25 bits per heavy atom. The van der Waals surface area contributed by atoms with Gasteiger partial charge in [-0.1, -0.05) is 12.1 Å². The summed E-state index contributed by atoms with van der Waals surface area (Å²) in [7, 11) is 1.77. The van der Waals surface area contributed by atoms with E-state index in [1.54, 1.807) is 36.8 Å². The van der Waals surface area contributed by atoms with Crippen LogP contribution in [0.3, 0.4) is 0 Å². The molecule has 2 heterocycles. The van der Waals surface area contributed by atoms with E-state index in [9.17, 15) is 28.0 Å². The van der Waals surface area contributed by atoms with Gasteiger partial charge in [0.15, 0.2) is 0 Å². The predicted molar refractivity (Wildman–Crippen MR) is 126 cm³/mol. The number of hydrogen-bond donors (Lipinski definition) is 4. The molecule has 0 fully saturated rings. The van der Waals surface area contributed by atoms with E-state index >= 15 is 0 Å². The van der Waals surface area contributed by atoms with Gasteiger partial charge >= 0.3 is 12.2 Å². The zero-order valence-electron chi connectivity index (χ0n) is 19.1. The molecule has 0 aliphatic carbocycles. The number of rotatable bonds is 5. The van der Waals surface area contributed by atoms with Crippen molar-refractivity contribution in [2.45, 2.75) is 18.6 Å². The van der Waals surface area contributed by atoms with Gasteiger partial charge in [-0.25, -0.2) is 4.79 Å². The van der Waals surface area contributed by atoms with Crippen LogP contribution in [0.1, 0.15) is 34.7 Å². The van der Waals surface area contributed by atoms with Crippen molar-refractivity contribution in [1.29, 1.82) is 10.7 Å². The molecule has 4 rings (SSSR count). The van der Waals surface area contributed by atoms with Crippen molar-refractivity contribution in [2.24, 2.45) is 0 Å². The molecule has 8 nitrogen and oxygen atoms in total. The summed E-state index contributed by atoms with van der Waals surface area (Å²) in [4.78, 5) is 27.5. The summed E-state index contributed by atoms with van der Waals surface area (Å²) < 4.78 is 40.0. The fraction of sp³-hybridized carbons (Fsp3) is 0.200. The molecule has 0 bridgehead atoms. The molecule has 5 N–H and O–H groups in total. The highest BCUT2D eigenvalue weighted by Gasteiger charge is 2.41. The maximum atomic E-state index is 13.4. The Bertz CT molecular complexity index is 1360. The number of hydrogen-bond acceptors (Lipinski definition) is 4. The van der Waals surface area contributed by atoms with Crippen LogP contribution in [0.25, 0.3) is 5.57 Å². The topological polar surface area (TPSA) is 126 Å². The Hall–Kier alpha value is -4.43. The fourth-order valence-corrected chi connectivity index (χ4v) is 4.42. The van der Waals surface area contributed by atoms with E-state index in [1.807, 2.05) is 6.07 Å². The van der Waals surface area contributed by atoms with Crippen molar-refractivity contribution in [3.05, 3.63) is 82.2 Å². The van der Waals surface area contributed by atoms with Crippen LogP contribution in [0.4, 0.5) is 23.7 Å². The number of nitrogens with two attached hydrogens (primary N) is 1. The number of urea groups is 1. The van der Waals surface area contributed by atoms with Gasteiger partial charge in [0.05, 0.1) is 47.1 Å². The molecule has 11 heteroatoms. The summed E-state index contributed by atoms with van der Waals surface area (Å²) >= 11 is 0. The minimum Gasteiger partial charge on any atom is -0.352 e. The number of halogens is 3. The molecule has 1 atom stereocenters. The van der Waals surface area contributed by atoms with Crippen LogP contribution in [0, 0.1) is 16.7 Å². The standard InChI is InChI=1S/C25H21F3N6O2/c1-31-13-15(12-30)19-9-14(11-29)5-6-18(19)22-21-20(7-8-32-23(21)35)34(24(36)33-22)17-4-2-3-16(10-17)25(26,27)28/h2-6,9-10,12-13,22,30-31H,7-8H2,1H3,(H,32,35)(H,33,36)/p+1. The fourth-order valence-electron chi connectivity index (χ4n) is 4.42. The summed E-state index contributed by atoms with van der Waals surface area (Å²) in [6.07, 6.45) is -1.60. The smallest absolute Gasteiger partial charge is 0.352 e. The molecule has 0 saturated carbocycles. The van der Waals surface area contributed by atoms with Gasteiger partial charge in [0.25, 0.3) is 5.91 Å². The van der Waals surface area contributed by atoms with E-state index in [1.165, 1.54) is 12.1 Å². The van der Waals surface area contributed by atoms with Gasteiger partial charge in [-0.2, -0.15) is 18.4 Å². The number of nitrogens with zero attached hydrogens (tertiary/aromatic N) is 2. The predicted octanol–water partition coefficient (Wildman–Crippen LogP) is 2.81. The first-order valence-electron chi connectivity index (χ1n) is 11.0. The lowest BCUT2D eigenvalue weighted by Crippen LogP contribution is -2.72. The summed E-state index contributed by atoms with van der Waals surface area (Å²) in [5.41, 5.74) is 1.30. The van der Waals surface area contributed by atoms with E-state index in [0.29, 0.717) is 28.0 Å². The monoisotopic (exact) mass is 495 g/mol. The quantitative estimate of drug-likeness (QED) is 0.477. The largest absolute Gasteiger partial charge is 0.416 e. The average molecular weight is 495 g/mol. The number of anilines is 1. The summed E-state index contributed by atoms with van der Waals surface area (Å²) in [6, 6.07) is 9.51. The Balaban J connectivity index is 1.92. The number of benzene rings is 2. The lowest BCUT2D eigenvalue weighted by atomic mass is 9.86. The van der Waals surface area contributed by atoms with Gasteiger partial charge in [-0.15, -0.1) is 0 Å². The first kappa shape index (κ1) is 24.7. The number of amides is 3. The number of carbonyl (C=O) groups is 2. The van der Waals surface area contributed by atoms with E-state index in [0.717, 1.165) is 23.2 Å². The molecule has 3 amide bonds. The summed E-state index contributed by atoms with van der Waals surface area (Å²) in [5.74, 6) is -0.462. The second kappa shape index (κ2) is 9.67. The summed E-state index contributed by atoms with van der Waals surface area (Å²) in [6.45, 7) is 0.212. The molecule has 1 unspecified atom stereocenters. The molecule has 0 spiro atoms. The SMILES string of the molecule is C[NH2+]C=C(C=N)c1cc(C#N)ccc1C1NC(=O)N(c2cccc(C(F)(F)F)c2)C2=C1C(=O)NCC2. The highest BCUT2D eigenvalue weighted by atomic mass is 19.4. The molecular formula is C25H22F3N6O2+. The molecular weight excluding hydrogens is 473 g/mol. The molecule has 0 radical (unpaired) electrons. The maximum absolute atomic E-state index is 13.4. The van der Waals surface area contributed by atoms with Crippen LogP contribution in [0.15, 0.2) is 59.9 Å². The number of nitrogens with one attached hydrogen (secondary N) is 3. The zero-order valence-corrected chi connectivity index (χ0v) is 19.1. The van der Waals surface area contributed by atoms with Crippen molar-refractivity contribution >= 4 is 29.4 Å². The number of quaternary nitrogens is 1. The second-order valence-electron chi connectivity index (χ2n) is 8.15. The van der Waals surface area contributed by atoms with Crippen LogP contribution in [0.5, 0.6) is 0 Å². The average Bonchev–Trinajstić information content (AvgIpc) is 2.86. The zero-order chi connectivity index (χ0) is 26.0. The third kappa shape index (κ3) is 4.46. The first-order chi connectivity index (χ1) is 17.2. The van der Waals surface area contributed by atoms with E-state index < -0.39 is 29.7 Å². The Morgan fingerprint density at radius 3 is 2.69 bits per heavy atom. The third-order valence-corrected chi connectivity index (χ3v) is 5.97. The lowest BCUT2D eigenvalue weighted by molar-refractivity contribution is -0.555. The van der Waals surface area contributed by atoms with E-state index in [2.05, 4.69) is 10.6 Å². The number of carbonyl (C=O) groups excluding carboxylic acids is 2. The van der Waals surface area contributed by atoms with Crippen LogP contribution < -0.4 is 20.9 Å². The number of alkyl halides is 3. The molecule has 36 heavy (non-hydrogen) atoms. The Morgan fingerprint density at radius 2 is 2.03 bits per heavy atom. The van der Waals surface area contributed by atoms with Crippen LogP contribution in [0.2, 0.25) is 0 Å². The molecule has 2 aliphatic rings.